The number of ether oxygens (including phenoxy) is 2. The Balaban J connectivity index is 1.49. The molecule has 2 bridgehead atoms. The summed E-state index contributed by atoms with van der Waals surface area (Å²) >= 11 is 0. The van der Waals surface area contributed by atoms with Gasteiger partial charge in [0.15, 0.2) is 11.5 Å². The average Bonchev–Trinajstić information content (AvgIpc) is 3.18. The Morgan fingerprint density at radius 3 is 2.69 bits per heavy atom. The molecule has 1 N–H and O–H groups in total. The van der Waals surface area contributed by atoms with E-state index in [2.05, 4.69) is 11.9 Å². The maximum atomic E-state index is 13.6. The van der Waals surface area contributed by atoms with Gasteiger partial charge < -0.3 is 14.6 Å². The third-order valence-electron chi connectivity index (χ3n) is 9.08. The van der Waals surface area contributed by atoms with E-state index in [0.717, 1.165) is 23.2 Å². The highest BCUT2D eigenvalue weighted by atomic mass is 32.2. The fourth-order valence-corrected chi connectivity index (χ4v) is 9.07. The number of rotatable bonds is 5. The summed E-state index contributed by atoms with van der Waals surface area (Å²) < 4.78 is 41.5. The van der Waals surface area contributed by atoms with Crippen LogP contribution in [-0.4, -0.2) is 73.1 Å². The lowest BCUT2D eigenvalue weighted by Crippen LogP contribution is -2.78. The van der Waals surface area contributed by atoms with Crippen molar-refractivity contribution in [2.24, 2.45) is 0 Å². The largest absolute Gasteiger partial charge is 0.504 e. The summed E-state index contributed by atoms with van der Waals surface area (Å²) in [6.07, 6.45) is 1.74. The molecular weight excluding hydrogens is 480 g/mol. The van der Waals surface area contributed by atoms with Crippen molar-refractivity contribution >= 4 is 16.0 Å². The quantitative estimate of drug-likeness (QED) is 0.615. The molecule has 9 heteroatoms. The molecule has 0 radical (unpaired) electrons. The molecule has 0 unspecified atom stereocenters. The summed E-state index contributed by atoms with van der Waals surface area (Å²) in [5.74, 6) is -0.00304. The monoisotopic (exact) mass is 512 g/mol. The molecule has 2 aromatic carbocycles. The number of likely N-dealkylation sites (tertiary alicyclic amines) is 1. The van der Waals surface area contributed by atoms with Crippen LogP contribution in [0.3, 0.4) is 0 Å². The first-order valence-corrected chi connectivity index (χ1v) is 14.1. The predicted octanol–water partition coefficient (Wildman–Crippen LogP) is 2.58. The zero-order valence-electron chi connectivity index (χ0n) is 20.8. The van der Waals surface area contributed by atoms with Crippen LogP contribution in [0.4, 0.5) is 0 Å². The number of hydrogen-bond donors (Lipinski definition) is 1. The summed E-state index contributed by atoms with van der Waals surface area (Å²) in [4.78, 5) is 14.8. The van der Waals surface area contributed by atoms with Gasteiger partial charge in [0, 0.05) is 19.5 Å². The van der Waals surface area contributed by atoms with E-state index < -0.39 is 33.2 Å². The van der Waals surface area contributed by atoms with Gasteiger partial charge in [-0.05, 0) is 56.5 Å². The van der Waals surface area contributed by atoms with Crippen molar-refractivity contribution in [1.82, 2.24) is 9.21 Å². The molecule has 2 aliphatic heterocycles. The number of nitrogens with zero attached hydrogens (tertiary/aromatic N) is 2. The Morgan fingerprint density at radius 1 is 1.22 bits per heavy atom. The molecule has 2 heterocycles. The zero-order valence-corrected chi connectivity index (χ0v) is 21.6. The van der Waals surface area contributed by atoms with E-state index in [1.807, 2.05) is 36.4 Å². The van der Waals surface area contributed by atoms with Crippen molar-refractivity contribution in [3.8, 4) is 11.5 Å². The maximum absolute atomic E-state index is 13.6. The number of benzene rings is 2. The smallest absolute Gasteiger partial charge is 0.303 e. The third kappa shape index (κ3) is 3.05. The Hall–Kier alpha value is -2.62. The first-order valence-electron chi connectivity index (χ1n) is 12.5. The Kier molecular flexibility index (Phi) is 5.24. The second-order valence-electron chi connectivity index (χ2n) is 10.8. The van der Waals surface area contributed by atoms with Gasteiger partial charge in [0.25, 0.3) is 0 Å². The highest BCUT2D eigenvalue weighted by Crippen LogP contribution is 2.67. The molecular formula is C27H32N2O6S. The lowest BCUT2D eigenvalue weighted by atomic mass is 9.48. The normalized spacial score (nSPS) is 32.6. The van der Waals surface area contributed by atoms with E-state index >= 15 is 0 Å². The number of aromatic hydroxyl groups is 1. The first-order chi connectivity index (χ1) is 17.1. The number of hydrogen-bond acceptors (Lipinski definition) is 7. The minimum atomic E-state index is -3.67. The number of sulfonamides is 1. The summed E-state index contributed by atoms with van der Waals surface area (Å²) in [6, 6.07) is 12.2. The molecule has 2 aromatic rings. The highest BCUT2D eigenvalue weighted by Gasteiger charge is 2.75. The lowest BCUT2D eigenvalue weighted by Gasteiger charge is -2.65. The molecule has 5 atom stereocenters. The van der Waals surface area contributed by atoms with E-state index in [-0.39, 0.29) is 23.5 Å². The van der Waals surface area contributed by atoms with Gasteiger partial charge in [0.1, 0.15) is 11.7 Å². The number of phenols is 1. The predicted molar refractivity (Wildman–Crippen MR) is 133 cm³/mol. The number of carbonyl (C=O) groups excluding carboxylic acids is 1. The number of esters is 1. The van der Waals surface area contributed by atoms with Crippen LogP contribution < -0.4 is 4.74 Å². The van der Waals surface area contributed by atoms with Crippen molar-refractivity contribution in [3.63, 3.8) is 0 Å². The van der Waals surface area contributed by atoms with Gasteiger partial charge in [-0.15, -0.1) is 0 Å². The molecule has 1 saturated heterocycles. The second kappa shape index (κ2) is 7.94. The Morgan fingerprint density at radius 2 is 1.97 bits per heavy atom. The number of phenolic OH excluding ortho intramolecular Hbond substituents is 1. The van der Waals surface area contributed by atoms with Gasteiger partial charge >= 0.3 is 5.97 Å². The van der Waals surface area contributed by atoms with Crippen LogP contribution in [0.15, 0.2) is 42.5 Å². The molecule has 2 aliphatic carbocycles. The highest BCUT2D eigenvalue weighted by molar-refractivity contribution is 7.88. The fraction of sp³-hybridized carbons (Fsp3) is 0.519. The molecule has 2 fully saturated rings. The van der Waals surface area contributed by atoms with E-state index in [9.17, 15) is 18.3 Å². The first kappa shape index (κ1) is 23.8. The van der Waals surface area contributed by atoms with E-state index in [1.165, 1.54) is 11.2 Å². The average molecular weight is 513 g/mol. The van der Waals surface area contributed by atoms with Crippen LogP contribution in [0, 0.1) is 0 Å². The standard InChI is InChI=1S/C27H32N2O6S/c1-17(30)35-27-12-11-20(29(3)36(32,33)16-18-7-5-4-6-8-18)25-26(27)13-14-28(2)22(27)15-19-9-10-21(31)24(34-25)23(19)26/h4-10,20,22,25,31H,11-16H2,1-3H3/t20-,22-,25+,26+,27-/m1/s1. The van der Waals surface area contributed by atoms with Crippen LogP contribution in [0.5, 0.6) is 11.5 Å². The molecule has 1 saturated carbocycles. The Bertz CT molecular complexity index is 1330. The van der Waals surface area contributed by atoms with Gasteiger partial charge in [-0.25, -0.2) is 8.42 Å². The molecule has 1 spiro atoms. The van der Waals surface area contributed by atoms with Gasteiger partial charge in [-0.3, -0.25) is 9.69 Å². The van der Waals surface area contributed by atoms with Gasteiger partial charge in [-0.1, -0.05) is 36.4 Å². The van der Waals surface area contributed by atoms with Crippen molar-refractivity contribution in [3.05, 3.63) is 59.2 Å². The molecule has 0 aromatic heterocycles. The van der Waals surface area contributed by atoms with Crippen molar-refractivity contribution in [2.75, 3.05) is 20.6 Å². The minimum Gasteiger partial charge on any atom is -0.504 e. The van der Waals surface area contributed by atoms with Gasteiger partial charge in [0.05, 0.1) is 23.3 Å². The lowest BCUT2D eigenvalue weighted by molar-refractivity contribution is -0.218. The number of carbonyl (C=O) groups is 1. The topological polar surface area (TPSA) is 96.4 Å². The van der Waals surface area contributed by atoms with Crippen LogP contribution in [-0.2, 0) is 37.1 Å². The fourth-order valence-electron chi connectivity index (χ4n) is 7.63. The SMILES string of the molecule is CC(=O)O[C@@]12CC[C@@H](N(C)S(=O)(=O)Cc3ccccc3)[C@@H]3Oc4c(O)ccc5c4[C@@]31CCN(C)[C@@H]2C5. The van der Waals surface area contributed by atoms with Gasteiger partial charge in [-0.2, -0.15) is 4.31 Å². The third-order valence-corrected chi connectivity index (χ3v) is 10.9. The van der Waals surface area contributed by atoms with E-state index in [1.54, 1.807) is 13.1 Å². The molecule has 192 valence electrons. The minimum absolute atomic E-state index is 0.0418. The van der Waals surface area contributed by atoms with Crippen LogP contribution in [0.25, 0.3) is 0 Å². The summed E-state index contributed by atoms with van der Waals surface area (Å²) in [5.41, 5.74) is 1.09. The number of likely N-dealkylation sites (N-methyl/N-ethyl adjacent to an activating group) is 2. The van der Waals surface area contributed by atoms with Crippen LogP contribution >= 0.6 is 0 Å². The summed E-state index contributed by atoms with van der Waals surface area (Å²) in [6.45, 7) is 2.20. The van der Waals surface area contributed by atoms with E-state index in [4.69, 9.17) is 9.47 Å². The van der Waals surface area contributed by atoms with Crippen LogP contribution in [0.2, 0.25) is 0 Å². The second-order valence-corrected chi connectivity index (χ2v) is 12.8. The van der Waals surface area contributed by atoms with Gasteiger partial charge in [0.2, 0.25) is 10.0 Å². The maximum Gasteiger partial charge on any atom is 0.303 e. The Labute approximate surface area is 211 Å². The van der Waals surface area contributed by atoms with Crippen LogP contribution in [0.1, 0.15) is 42.9 Å². The zero-order chi connectivity index (χ0) is 25.5. The van der Waals surface area contributed by atoms with Crippen molar-refractivity contribution < 1.29 is 27.8 Å². The number of piperidine rings is 1. The molecule has 0 amide bonds. The summed E-state index contributed by atoms with van der Waals surface area (Å²) in [5, 5.41) is 10.8. The molecule has 36 heavy (non-hydrogen) atoms. The molecule has 8 nitrogen and oxygen atoms in total. The summed E-state index contributed by atoms with van der Waals surface area (Å²) in [7, 11) is 0.0136. The van der Waals surface area contributed by atoms with Crippen molar-refractivity contribution in [1.29, 1.82) is 0 Å². The van der Waals surface area contributed by atoms with Crippen molar-refractivity contribution in [2.45, 2.75) is 67.6 Å². The molecule has 6 rings (SSSR count). The molecule has 4 aliphatic rings. The van der Waals surface area contributed by atoms with E-state index in [0.29, 0.717) is 31.4 Å².